The predicted octanol–water partition coefficient (Wildman–Crippen LogP) is -0.366. The van der Waals surface area contributed by atoms with Gasteiger partial charge in [-0.15, -0.1) is 10.2 Å². The lowest BCUT2D eigenvalue weighted by molar-refractivity contribution is -0.122. The van der Waals surface area contributed by atoms with Crippen LogP contribution in [-0.2, 0) is 4.79 Å². The molecule has 1 aliphatic heterocycles. The van der Waals surface area contributed by atoms with Gasteiger partial charge in [-0.3, -0.25) is 14.5 Å². The number of likely N-dealkylation sites (N-methyl/N-ethyl adjacent to an activating group) is 1. The molecule has 0 unspecified atom stereocenters. The molecule has 1 aromatic rings. The molecule has 0 atom stereocenters. The third-order valence-electron chi connectivity index (χ3n) is 3.16. The standard InChI is InChI=1S/C12H16ClN5O2/c1-14-11(19)8-17-4-6-18(7-5-17)12(20)9-2-3-10(13)16-15-9/h2-3H,4-8H2,1H3,(H,14,19). The van der Waals surface area contributed by atoms with E-state index in [0.717, 1.165) is 0 Å². The van der Waals surface area contributed by atoms with Crippen LogP contribution >= 0.6 is 11.6 Å². The highest BCUT2D eigenvalue weighted by Crippen LogP contribution is 2.08. The molecule has 1 saturated heterocycles. The Kier molecular flexibility index (Phi) is 4.86. The Hall–Kier alpha value is -1.73. The maximum absolute atomic E-state index is 12.2. The normalized spacial score (nSPS) is 16.0. The summed E-state index contributed by atoms with van der Waals surface area (Å²) < 4.78 is 0. The minimum Gasteiger partial charge on any atom is -0.358 e. The Bertz CT molecular complexity index is 485. The lowest BCUT2D eigenvalue weighted by Crippen LogP contribution is -2.51. The number of amides is 2. The van der Waals surface area contributed by atoms with E-state index in [2.05, 4.69) is 15.5 Å². The van der Waals surface area contributed by atoms with Gasteiger partial charge in [-0.25, -0.2) is 0 Å². The van der Waals surface area contributed by atoms with Gasteiger partial charge in [-0.05, 0) is 12.1 Å². The molecular formula is C12H16ClN5O2. The lowest BCUT2D eigenvalue weighted by atomic mass is 10.2. The molecule has 8 heteroatoms. The first kappa shape index (κ1) is 14.7. The van der Waals surface area contributed by atoms with Crippen molar-refractivity contribution in [1.29, 1.82) is 0 Å². The van der Waals surface area contributed by atoms with Gasteiger partial charge >= 0.3 is 0 Å². The Morgan fingerprint density at radius 2 is 1.95 bits per heavy atom. The van der Waals surface area contributed by atoms with Crippen molar-refractivity contribution >= 4 is 23.4 Å². The van der Waals surface area contributed by atoms with Crippen molar-refractivity contribution in [3.8, 4) is 0 Å². The van der Waals surface area contributed by atoms with Crippen LogP contribution < -0.4 is 5.32 Å². The fraction of sp³-hybridized carbons (Fsp3) is 0.500. The highest BCUT2D eigenvalue weighted by Gasteiger charge is 2.23. The van der Waals surface area contributed by atoms with E-state index >= 15 is 0 Å². The first-order valence-corrected chi connectivity index (χ1v) is 6.69. The van der Waals surface area contributed by atoms with Gasteiger partial charge in [0.2, 0.25) is 5.91 Å². The smallest absolute Gasteiger partial charge is 0.274 e. The van der Waals surface area contributed by atoms with Crippen molar-refractivity contribution in [3.05, 3.63) is 23.0 Å². The molecule has 1 aliphatic rings. The SMILES string of the molecule is CNC(=O)CN1CCN(C(=O)c2ccc(Cl)nn2)CC1. The zero-order valence-electron chi connectivity index (χ0n) is 11.2. The van der Waals surface area contributed by atoms with Crippen LogP contribution in [0.3, 0.4) is 0 Å². The van der Waals surface area contributed by atoms with E-state index in [1.807, 2.05) is 4.90 Å². The number of nitrogens with one attached hydrogen (secondary N) is 1. The first-order chi connectivity index (χ1) is 9.60. The predicted molar refractivity (Wildman–Crippen MR) is 73.5 cm³/mol. The van der Waals surface area contributed by atoms with E-state index < -0.39 is 0 Å². The van der Waals surface area contributed by atoms with Gasteiger partial charge in [0.1, 0.15) is 0 Å². The Morgan fingerprint density at radius 1 is 1.25 bits per heavy atom. The third-order valence-corrected chi connectivity index (χ3v) is 3.36. The number of aromatic nitrogens is 2. The summed E-state index contributed by atoms with van der Waals surface area (Å²) in [6, 6.07) is 3.11. The minimum absolute atomic E-state index is 0.0201. The summed E-state index contributed by atoms with van der Waals surface area (Å²) >= 11 is 5.64. The number of carbonyl (C=O) groups excluding carboxylic acids is 2. The molecule has 2 heterocycles. The quantitative estimate of drug-likeness (QED) is 0.824. The number of hydrogen-bond acceptors (Lipinski definition) is 5. The monoisotopic (exact) mass is 297 g/mol. The van der Waals surface area contributed by atoms with Crippen molar-refractivity contribution in [1.82, 2.24) is 25.3 Å². The first-order valence-electron chi connectivity index (χ1n) is 6.31. The largest absolute Gasteiger partial charge is 0.358 e. The van der Waals surface area contributed by atoms with Gasteiger partial charge in [0.05, 0.1) is 6.54 Å². The zero-order chi connectivity index (χ0) is 14.5. The van der Waals surface area contributed by atoms with Crippen LogP contribution in [0.25, 0.3) is 0 Å². The number of halogens is 1. The molecule has 7 nitrogen and oxygen atoms in total. The third kappa shape index (κ3) is 3.64. The van der Waals surface area contributed by atoms with E-state index in [1.54, 1.807) is 24.1 Å². The van der Waals surface area contributed by atoms with E-state index in [4.69, 9.17) is 11.6 Å². The molecule has 0 aliphatic carbocycles. The molecule has 108 valence electrons. The molecule has 2 amide bonds. The number of rotatable bonds is 3. The lowest BCUT2D eigenvalue weighted by Gasteiger charge is -2.33. The summed E-state index contributed by atoms with van der Waals surface area (Å²) in [4.78, 5) is 27.2. The molecule has 2 rings (SSSR count). The molecule has 1 aromatic heterocycles. The summed E-state index contributed by atoms with van der Waals surface area (Å²) in [6.07, 6.45) is 0. The number of hydrogen-bond donors (Lipinski definition) is 1. The van der Waals surface area contributed by atoms with Crippen LogP contribution in [0, 0.1) is 0 Å². The molecule has 0 bridgehead atoms. The highest BCUT2D eigenvalue weighted by molar-refractivity contribution is 6.29. The van der Waals surface area contributed by atoms with Gasteiger partial charge in [-0.1, -0.05) is 11.6 Å². The summed E-state index contributed by atoms with van der Waals surface area (Å²) in [5.74, 6) is -0.179. The Labute approximate surface area is 121 Å². The van der Waals surface area contributed by atoms with E-state index in [0.29, 0.717) is 32.7 Å². The Balaban J connectivity index is 1.88. The van der Waals surface area contributed by atoms with E-state index in [-0.39, 0.29) is 22.7 Å². The Morgan fingerprint density at radius 3 is 2.50 bits per heavy atom. The van der Waals surface area contributed by atoms with E-state index in [9.17, 15) is 9.59 Å². The van der Waals surface area contributed by atoms with Crippen molar-refractivity contribution in [3.63, 3.8) is 0 Å². The van der Waals surface area contributed by atoms with Crippen molar-refractivity contribution < 1.29 is 9.59 Å². The zero-order valence-corrected chi connectivity index (χ0v) is 11.9. The second kappa shape index (κ2) is 6.62. The van der Waals surface area contributed by atoms with Crippen LogP contribution in [-0.4, -0.2) is 71.6 Å². The second-order valence-electron chi connectivity index (χ2n) is 4.48. The summed E-state index contributed by atoms with van der Waals surface area (Å²) in [6.45, 7) is 2.83. The minimum atomic E-state index is -0.159. The molecule has 0 spiro atoms. The van der Waals surface area contributed by atoms with Gasteiger partial charge in [0.25, 0.3) is 5.91 Å². The molecule has 0 radical (unpaired) electrons. The van der Waals surface area contributed by atoms with Crippen LogP contribution in [0.5, 0.6) is 0 Å². The van der Waals surface area contributed by atoms with Crippen molar-refractivity contribution in [2.75, 3.05) is 39.8 Å². The maximum Gasteiger partial charge on any atom is 0.274 e. The van der Waals surface area contributed by atoms with Gasteiger partial charge < -0.3 is 10.2 Å². The van der Waals surface area contributed by atoms with Gasteiger partial charge in [0, 0.05) is 33.2 Å². The average molecular weight is 298 g/mol. The van der Waals surface area contributed by atoms with E-state index in [1.165, 1.54) is 0 Å². The molecule has 0 aromatic carbocycles. The fourth-order valence-electron chi connectivity index (χ4n) is 1.98. The molecular weight excluding hydrogens is 282 g/mol. The topological polar surface area (TPSA) is 78.4 Å². The molecule has 1 N–H and O–H groups in total. The van der Waals surface area contributed by atoms with Gasteiger partial charge in [-0.2, -0.15) is 0 Å². The molecule has 20 heavy (non-hydrogen) atoms. The second-order valence-corrected chi connectivity index (χ2v) is 4.87. The summed E-state index contributed by atoms with van der Waals surface area (Å²) in [7, 11) is 1.61. The summed E-state index contributed by atoms with van der Waals surface area (Å²) in [5.41, 5.74) is 0.286. The van der Waals surface area contributed by atoms with Gasteiger partial charge in [0.15, 0.2) is 10.8 Å². The average Bonchev–Trinajstić information content (AvgIpc) is 2.48. The van der Waals surface area contributed by atoms with Crippen LogP contribution in [0.15, 0.2) is 12.1 Å². The van der Waals surface area contributed by atoms with Crippen LogP contribution in [0.4, 0.5) is 0 Å². The number of nitrogens with zero attached hydrogens (tertiary/aromatic N) is 4. The number of carbonyl (C=O) groups is 2. The molecule has 1 fully saturated rings. The van der Waals surface area contributed by atoms with Crippen LogP contribution in [0.2, 0.25) is 5.15 Å². The van der Waals surface area contributed by atoms with Crippen molar-refractivity contribution in [2.45, 2.75) is 0 Å². The fourth-order valence-corrected chi connectivity index (χ4v) is 2.08. The summed E-state index contributed by atoms with van der Waals surface area (Å²) in [5, 5.41) is 10.3. The molecule has 0 saturated carbocycles. The maximum atomic E-state index is 12.2. The number of piperazine rings is 1. The van der Waals surface area contributed by atoms with Crippen molar-refractivity contribution in [2.24, 2.45) is 0 Å². The highest BCUT2D eigenvalue weighted by atomic mass is 35.5. The van der Waals surface area contributed by atoms with Crippen LogP contribution in [0.1, 0.15) is 10.5 Å².